The highest BCUT2D eigenvalue weighted by Gasteiger charge is 2.27. The second-order valence-electron chi connectivity index (χ2n) is 7.37. The first-order valence-corrected chi connectivity index (χ1v) is 10.4. The van der Waals surface area contributed by atoms with Gasteiger partial charge in [0.1, 0.15) is 17.6 Å². The Labute approximate surface area is 178 Å². The van der Waals surface area contributed by atoms with Crippen LogP contribution < -0.4 is 10.1 Å². The summed E-state index contributed by atoms with van der Waals surface area (Å²) in [6, 6.07) is 15.0. The van der Waals surface area contributed by atoms with E-state index in [0.717, 1.165) is 12.2 Å². The fourth-order valence-electron chi connectivity index (χ4n) is 2.93. The van der Waals surface area contributed by atoms with Gasteiger partial charge in [-0.2, -0.15) is 0 Å². The third-order valence-electron chi connectivity index (χ3n) is 5.01. The summed E-state index contributed by atoms with van der Waals surface area (Å²) in [4.78, 5) is 27.0. The van der Waals surface area contributed by atoms with Crippen LogP contribution in [0.2, 0.25) is 0 Å². The molecule has 0 aliphatic heterocycles. The summed E-state index contributed by atoms with van der Waals surface area (Å²) >= 11 is 0. The van der Waals surface area contributed by atoms with E-state index in [1.165, 1.54) is 11.0 Å². The molecule has 2 aromatic rings. The highest BCUT2D eigenvalue weighted by atomic mass is 19.1. The number of rotatable bonds is 11. The zero-order chi connectivity index (χ0) is 21.9. The number of hydrogen-bond acceptors (Lipinski definition) is 3. The zero-order valence-corrected chi connectivity index (χ0v) is 17.9. The van der Waals surface area contributed by atoms with Crippen LogP contribution in [0.4, 0.5) is 4.39 Å². The highest BCUT2D eigenvalue weighted by Crippen LogP contribution is 2.15. The van der Waals surface area contributed by atoms with Gasteiger partial charge in [0, 0.05) is 24.6 Å². The minimum Gasteiger partial charge on any atom is -0.494 e. The van der Waals surface area contributed by atoms with E-state index in [4.69, 9.17) is 4.74 Å². The van der Waals surface area contributed by atoms with Crippen LogP contribution in [0.25, 0.3) is 0 Å². The molecule has 2 rings (SSSR count). The number of nitrogens with one attached hydrogen (secondary N) is 1. The maximum Gasteiger partial charge on any atom is 0.242 e. The first-order valence-electron chi connectivity index (χ1n) is 10.4. The predicted octanol–water partition coefficient (Wildman–Crippen LogP) is 4.32. The second-order valence-corrected chi connectivity index (χ2v) is 7.37. The minimum absolute atomic E-state index is 0.00429. The van der Waals surface area contributed by atoms with Gasteiger partial charge < -0.3 is 15.0 Å². The van der Waals surface area contributed by atoms with Gasteiger partial charge in [-0.3, -0.25) is 9.59 Å². The zero-order valence-electron chi connectivity index (χ0n) is 17.9. The van der Waals surface area contributed by atoms with Crippen molar-refractivity contribution in [1.29, 1.82) is 0 Å². The smallest absolute Gasteiger partial charge is 0.242 e. The summed E-state index contributed by atoms with van der Waals surface area (Å²) < 4.78 is 19.8. The van der Waals surface area contributed by atoms with Gasteiger partial charge in [0.2, 0.25) is 11.8 Å². The van der Waals surface area contributed by atoms with Crippen molar-refractivity contribution in [3.05, 3.63) is 66.0 Å². The van der Waals surface area contributed by atoms with Crippen LogP contribution in [0.1, 0.15) is 45.6 Å². The third-order valence-corrected chi connectivity index (χ3v) is 5.01. The summed E-state index contributed by atoms with van der Waals surface area (Å²) in [7, 11) is 0. The fourth-order valence-corrected chi connectivity index (χ4v) is 2.93. The molecule has 0 aliphatic rings. The molecule has 0 bridgehead atoms. The number of ether oxygens (including phenoxy) is 1. The molecule has 0 heterocycles. The van der Waals surface area contributed by atoms with Gasteiger partial charge in [0.05, 0.1) is 6.61 Å². The second kappa shape index (κ2) is 12.0. The summed E-state index contributed by atoms with van der Waals surface area (Å²) in [5, 5.41) is 2.90. The molecule has 30 heavy (non-hydrogen) atoms. The van der Waals surface area contributed by atoms with Crippen LogP contribution in [0.15, 0.2) is 54.6 Å². The van der Waals surface area contributed by atoms with E-state index in [1.807, 2.05) is 44.2 Å². The van der Waals surface area contributed by atoms with E-state index in [0.29, 0.717) is 18.6 Å². The van der Waals surface area contributed by atoms with Gasteiger partial charge in [-0.25, -0.2) is 4.39 Å². The predicted molar refractivity (Wildman–Crippen MR) is 115 cm³/mol. The molecule has 0 radical (unpaired) electrons. The van der Waals surface area contributed by atoms with Gasteiger partial charge in [0.25, 0.3) is 0 Å². The lowest BCUT2D eigenvalue weighted by atomic mass is 10.1. The van der Waals surface area contributed by atoms with Gasteiger partial charge >= 0.3 is 0 Å². The van der Waals surface area contributed by atoms with Gasteiger partial charge in [-0.15, -0.1) is 0 Å². The molecule has 6 heteroatoms. The largest absolute Gasteiger partial charge is 0.494 e. The number of amides is 2. The van der Waals surface area contributed by atoms with Gasteiger partial charge in [-0.05, 0) is 44.9 Å². The van der Waals surface area contributed by atoms with Gasteiger partial charge in [0.15, 0.2) is 0 Å². The number of carbonyl (C=O) groups excluding carboxylic acids is 2. The maximum atomic E-state index is 14.2. The Morgan fingerprint density at radius 3 is 2.40 bits per heavy atom. The van der Waals surface area contributed by atoms with Crippen molar-refractivity contribution in [2.75, 3.05) is 6.61 Å². The normalized spacial score (nSPS) is 12.7. The lowest BCUT2D eigenvalue weighted by molar-refractivity contribution is -0.141. The van der Waals surface area contributed by atoms with Crippen molar-refractivity contribution in [2.45, 2.75) is 58.7 Å². The molecule has 5 nitrogen and oxygen atoms in total. The van der Waals surface area contributed by atoms with E-state index in [1.54, 1.807) is 25.1 Å². The van der Waals surface area contributed by atoms with E-state index in [9.17, 15) is 14.0 Å². The maximum absolute atomic E-state index is 14.2. The number of carbonyl (C=O) groups is 2. The average molecular weight is 415 g/mol. The first-order chi connectivity index (χ1) is 14.4. The quantitative estimate of drug-likeness (QED) is 0.557. The summed E-state index contributed by atoms with van der Waals surface area (Å²) in [5.74, 6) is -0.0944. The SMILES string of the molecule is CC[C@@H](C)NC(=O)[C@@H](C)N(Cc1ccccc1F)C(=O)CCCOc1ccccc1. The fraction of sp³-hybridized carbons (Fsp3) is 0.417. The Morgan fingerprint density at radius 2 is 1.73 bits per heavy atom. The molecule has 0 aromatic heterocycles. The van der Waals surface area contributed by atoms with Crippen molar-refractivity contribution >= 4 is 11.8 Å². The molecule has 0 aliphatic carbocycles. The molecule has 1 N–H and O–H groups in total. The van der Waals surface area contributed by atoms with Crippen molar-refractivity contribution in [3.8, 4) is 5.75 Å². The molecular formula is C24H31FN2O3. The highest BCUT2D eigenvalue weighted by molar-refractivity contribution is 5.87. The topological polar surface area (TPSA) is 58.6 Å². The lowest BCUT2D eigenvalue weighted by Gasteiger charge is -2.30. The number of hydrogen-bond donors (Lipinski definition) is 1. The molecule has 0 fully saturated rings. The van der Waals surface area contributed by atoms with Crippen LogP contribution in [-0.4, -0.2) is 35.4 Å². The van der Waals surface area contributed by atoms with Gasteiger partial charge in [-0.1, -0.05) is 43.3 Å². The van der Waals surface area contributed by atoms with Crippen LogP contribution in [0, 0.1) is 5.82 Å². The number of nitrogens with zero attached hydrogens (tertiary/aromatic N) is 1. The Bertz CT molecular complexity index is 813. The van der Waals surface area contributed by atoms with Crippen molar-refractivity contribution in [2.24, 2.45) is 0 Å². The standard InChI is InChI=1S/C24H31FN2O3/c1-4-18(2)26-24(29)19(3)27(17-20-11-8-9-14-22(20)25)23(28)15-10-16-30-21-12-6-5-7-13-21/h5-9,11-14,18-19H,4,10,15-17H2,1-3H3,(H,26,29)/t18-,19-/m1/s1. The van der Waals surface area contributed by atoms with Crippen LogP contribution in [0.5, 0.6) is 5.75 Å². The molecule has 0 unspecified atom stereocenters. The Morgan fingerprint density at radius 1 is 1.07 bits per heavy atom. The molecule has 162 valence electrons. The van der Waals surface area contributed by atoms with Crippen LogP contribution in [-0.2, 0) is 16.1 Å². The minimum atomic E-state index is -0.707. The van der Waals surface area contributed by atoms with Crippen molar-refractivity contribution < 1.29 is 18.7 Å². The Kier molecular flexibility index (Phi) is 9.32. The molecule has 2 atom stereocenters. The molecule has 2 aromatic carbocycles. The molecule has 0 spiro atoms. The van der Waals surface area contributed by atoms with Crippen molar-refractivity contribution in [1.82, 2.24) is 10.2 Å². The van der Waals surface area contributed by atoms with E-state index in [-0.39, 0.29) is 30.8 Å². The third kappa shape index (κ3) is 7.17. The lowest BCUT2D eigenvalue weighted by Crippen LogP contribution is -2.49. The summed E-state index contributed by atoms with van der Waals surface area (Å²) in [6.45, 7) is 5.99. The monoisotopic (exact) mass is 414 g/mol. The summed E-state index contributed by atoms with van der Waals surface area (Å²) in [6.07, 6.45) is 1.50. The summed E-state index contributed by atoms with van der Waals surface area (Å²) in [5.41, 5.74) is 0.384. The Balaban J connectivity index is 2.02. The number of benzene rings is 2. The molecule has 2 amide bonds. The molecule has 0 saturated carbocycles. The van der Waals surface area contributed by atoms with E-state index < -0.39 is 11.9 Å². The van der Waals surface area contributed by atoms with E-state index in [2.05, 4.69) is 5.32 Å². The molecular weight excluding hydrogens is 383 g/mol. The van der Waals surface area contributed by atoms with E-state index >= 15 is 0 Å². The number of para-hydroxylation sites is 1. The molecule has 0 saturated heterocycles. The first kappa shape index (κ1) is 23.4. The number of halogens is 1. The van der Waals surface area contributed by atoms with Crippen LogP contribution >= 0.6 is 0 Å². The average Bonchev–Trinajstić information content (AvgIpc) is 2.76. The Hall–Kier alpha value is -2.89. The van der Waals surface area contributed by atoms with Crippen molar-refractivity contribution in [3.63, 3.8) is 0 Å². The van der Waals surface area contributed by atoms with Crippen LogP contribution in [0.3, 0.4) is 0 Å².